The predicted octanol–water partition coefficient (Wildman–Crippen LogP) is 2.55. The standard InChI is InChI=1S/C19H24N4O3/c1-25-11-8-19(18-21-16(26-22-18)14-5-6-14)7-3-10-23(13-19)17(24)15-4-2-9-20-12-15/h2,4,9,12,14H,3,5-8,10-11,13H2,1H3. The Morgan fingerprint density at radius 1 is 1.46 bits per heavy atom. The van der Waals surface area contributed by atoms with Gasteiger partial charge in [-0.3, -0.25) is 9.78 Å². The second kappa shape index (κ2) is 7.15. The van der Waals surface area contributed by atoms with E-state index in [0.717, 1.165) is 50.4 Å². The zero-order valence-corrected chi connectivity index (χ0v) is 15.1. The number of pyridine rings is 1. The number of carbonyl (C=O) groups excluding carboxylic acids is 1. The minimum absolute atomic E-state index is 0.00510. The second-order valence-electron chi connectivity index (χ2n) is 7.33. The van der Waals surface area contributed by atoms with E-state index in [1.807, 2.05) is 4.90 Å². The van der Waals surface area contributed by atoms with Gasteiger partial charge in [-0.25, -0.2) is 0 Å². The van der Waals surface area contributed by atoms with Crippen molar-refractivity contribution >= 4 is 5.91 Å². The number of amides is 1. The molecule has 0 spiro atoms. The number of rotatable bonds is 6. The van der Waals surface area contributed by atoms with Crippen LogP contribution in [0.3, 0.4) is 0 Å². The summed E-state index contributed by atoms with van der Waals surface area (Å²) in [6, 6.07) is 3.59. The highest BCUT2D eigenvalue weighted by Gasteiger charge is 2.43. The van der Waals surface area contributed by atoms with Gasteiger partial charge in [-0.2, -0.15) is 4.98 Å². The van der Waals surface area contributed by atoms with Crippen molar-refractivity contribution in [3.63, 3.8) is 0 Å². The van der Waals surface area contributed by atoms with Gasteiger partial charge in [0.1, 0.15) is 0 Å². The number of ether oxygens (including phenoxy) is 1. The molecule has 0 bridgehead atoms. The lowest BCUT2D eigenvalue weighted by molar-refractivity contribution is 0.0566. The van der Waals surface area contributed by atoms with Crippen molar-refractivity contribution in [1.82, 2.24) is 20.0 Å². The molecular formula is C19H24N4O3. The molecule has 2 aromatic rings. The van der Waals surface area contributed by atoms with Crippen molar-refractivity contribution in [2.45, 2.75) is 43.4 Å². The van der Waals surface area contributed by atoms with E-state index in [2.05, 4.69) is 10.1 Å². The predicted molar refractivity (Wildman–Crippen MR) is 93.8 cm³/mol. The topological polar surface area (TPSA) is 81.4 Å². The minimum Gasteiger partial charge on any atom is -0.385 e. The van der Waals surface area contributed by atoms with Gasteiger partial charge in [0.05, 0.1) is 11.0 Å². The first kappa shape index (κ1) is 17.1. The first-order chi connectivity index (χ1) is 12.7. The third-order valence-electron chi connectivity index (χ3n) is 5.40. The molecule has 2 aromatic heterocycles. The first-order valence-corrected chi connectivity index (χ1v) is 9.24. The SMILES string of the molecule is COCCC1(c2noc(C3CC3)n2)CCCN(C(=O)c2cccnc2)C1. The van der Waals surface area contributed by atoms with Gasteiger partial charge in [0.25, 0.3) is 5.91 Å². The molecule has 26 heavy (non-hydrogen) atoms. The van der Waals surface area contributed by atoms with Crippen molar-refractivity contribution in [1.29, 1.82) is 0 Å². The number of methoxy groups -OCH3 is 1. The quantitative estimate of drug-likeness (QED) is 0.791. The Balaban J connectivity index is 1.59. The molecule has 1 saturated heterocycles. The van der Waals surface area contributed by atoms with Crippen LogP contribution >= 0.6 is 0 Å². The van der Waals surface area contributed by atoms with E-state index in [1.54, 1.807) is 31.6 Å². The van der Waals surface area contributed by atoms with E-state index >= 15 is 0 Å². The van der Waals surface area contributed by atoms with Crippen molar-refractivity contribution in [2.75, 3.05) is 26.8 Å². The average molecular weight is 356 g/mol. The van der Waals surface area contributed by atoms with Crippen molar-refractivity contribution in [2.24, 2.45) is 0 Å². The fourth-order valence-corrected chi connectivity index (χ4v) is 3.72. The number of nitrogens with zero attached hydrogens (tertiary/aromatic N) is 4. The first-order valence-electron chi connectivity index (χ1n) is 9.24. The summed E-state index contributed by atoms with van der Waals surface area (Å²) in [4.78, 5) is 23.6. The van der Waals surface area contributed by atoms with Gasteiger partial charge in [0, 0.05) is 45.1 Å². The van der Waals surface area contributed by atoms with Crippen LogP contribution in [0.4, 0.5) is 0 Å². The van der Waals surface area contributed by atoms with Crippen LogP contribution in [0.5, 0.6) is 0 Å². The van der Waals surface area contributed by atoms with Crippen LogP contribution < -0.4 is 0 Å². The maximum absolute atomic E-state index is 12.9. The lowest BCUT2D eigenvalue weighted by atomic mass is 9.76. The highest BCUT2D eigenvalue weighted by Crippen LogP contribution is 2.41. The Hall–Kier alpha value is -2.28. The molecule has 2 fully saturated rings. The van der Waals surface area contributed by atoms with Gasteiger partial charge in [-0.15, -0.1) is 0 Å². The molecule has 7 nitrogen and oxygen atoms in total. The largest absolute Gasteiger partial charge is 0.385 e. The minimum atomic E-state index is -0.317. The van der Waals surface area contributed by atoms with Gasteiger partial charge >= 0.3 is 0 Å². The summed E-state index contributed by atoms with van der Waals surface area (Å²) in [5.41, 5.74) is 0.296. The molecule has 0 aromatic carbocycles. The van der Waals surface area contributed by atoms with Crippen molar-refractivity contribution in [3.05, 3.63) is 41.8 Å². The molecule has 1 amide bonds. The Morgan fingerprint density at radius 3 is 3.08 bits per heavy atom. The highest BCUT2D eigenvalue weighted by molar-refractivity contribution is 5.94. The summed E-state index contributed by atoms with van der Waals surface area (Å²) in [5.74, 6) is 1.89. The maximum atomic E-state index is 12.9. The van der Waals surface area contributed by atoms with Crippen LogP contribution in [0, 0.1) is 0 Å². The fourth-order valence-electron chi connectivity index (χ4n) is 3.72. The normalized spacial score (nSPS) is 23.2. The smallest absolute Gasteiger partial charge is 0.255 e. The average Bonchev–Trinajstić information content (AvgIpc) is 3.43. The Bertz CT molecular complexity index is 759. The number of likely N-dealkylation sites (tertiary alicyclic amines) is 1. The van der Waals surface area contributed by atoms with E-state index in [1.165, 1.54) is 0 Å². The fraction of sp³-hybridized carbons (Fsp3) is 0.579. The molecular weight excluding hydrogens is 332 g/mol. The van der Waals surface area contributed by atoms with E-state index in [-0.39, 0.29) is 11.3 Å². The molecule has 1 unspecified atom stereocenters. The van der Waals surface area contributed by atoms with Crippen molar-refractivity contribution in [3.8, 4) is 0 Å². The summed E-state index contributed by atoms with van der Waals surface area (Å²) in [6.45, 7) is 1.91. The number of hydrogen-bond donors (Lipinski definition) is 0. The Kier molecular flexibility index (Phi) is 4.72. The molecule has 1 atom stereocenters. The third-order valence-corrected chi connectivity index (χ3v) is 5.40. The maximum Gasteiger partial charge on any atom is 0.255 e. The summed E-state index contributed by atoms with van der Waals surface area (Å²) in [5, 5.41) is 4.30. The molecule has 0 N–H and O–H groups in total. The highest BCUT2D eigenvalue weighted by atomic mass is 16.5. The van der Waals surface area contributed by atoms with Gasteiger partial charge in [-0.1, -0.05) is 5.16 Å². The Morgan fingerprint density at radius 2 is 2.35 bits per heavy atom. The van der Waals surface area contributed by atoms with Crippen LogP contribution in [0.2, 0.25) is 0 Å². The lowest BCUT2D eigenvalue weighted by Gasteiger charge is -2.40. The third kappa shape index (κ3) is 3.35. The van der Waals surface area contributed by atoms with Gasteiger partial charge in [0.2, 0.25) is 5.89 Å². The van der Waals surface area contributed by atoms with Gasteiger partial charge in [-0.05, 0) is 44.2 Å². The summed E-state index contributed by atoms with van der Waals surface area (Å²) >= 11 is 0. The molecule has 7 heteroatoms. The zero-order valence-electron chi connectivity index (χ0n) is 15.1. The molecule has 3 heterocycles. The van der Waals surface area contributed by atoms with E-state index in [4.69, 9.17) is 14.2 Å². The summed E-state index contributed by atoms with van der Waals surface area (Å²) in [6.07, 6.45) is 8.14. The van der Waals surface area contributed by atoms with Crippen LogP contribution in [-0.2, 0) is 10.2 Å². The number of piperidine rings is 1. The summed E-state index contributed by atoms with van der Waals surface area (Å²) in [7, 11) is 1.70. The monoisotopic (exact) mass is 356 g/mol. The zero-order chi connectivity index (χ0) is 18.0. The molecule has 138 valence electrons. The van der Waals surface area contributed by atoms with E-state index in [0.29, 0.717) is 24.6 Å². The molecule has 1 aliphatic heterocycles. The molecule has 2 aliphatic rings. The molecule has 1 aliphatic carbocycles. The number of aromatic nitrogens is 3. The van der Waals surface area contributed by atoms with Crippen LogP contribution in [0.1, 0.15) is 60.1 Å². The molecule has 1 saturated carbocycles. The van der Waals surface area contributed by atoms with Gasteiger partial charge < -0.3 is 14.2 Å². The second-order valence-corrected chi connectivity index (χ2v) is 7.33. The molecule has 0 radical (unpaired) electrons. The Labute approximate surface area is 152 Å². The molecule has 4 rings (SSSR count). The van der Waals surface area contributed by atoms with Gasteiger partial charge in [0.15, 0.2) is 5.82 Å². The van der Waals surface area contributed by atoms with Crippen molar-refractivity contribution < 1.29 is 14.1 Å². The van der Waals surface area contributed by atoms with Crippen LogP contribution in [-0.4, -0.2) is 52.7 Å². The number of hydrogen-bond acceptors (Lipinski definition) is 6. The van der Waals surface area contributed by atoms with Crippen LogP contribution in [0.25, 0.3) is 0 Å². The van der Waals surface area contributed by atoms with Crippen LogP contribution in [0.15, 0.2) is 29.0 Å². The van der Waals surface area contributed by atoms with E-state index in [9.17, 15) is 4.79 Å². The summed E-state index contributed by atoms with van der Waals surface area (Å²) < 4.78 is 10.9. The number of carbonyl (C=O) groups is 1. The lowest BCUT2D eigenvalue weighted by Crippen LogP contribution is -2.49. The van der Waals surface area contributed by atoms with E-state index < -0.39 is 0 Å².